The van der Waals surface area contributed by atoms with Crippen molar-refractivity contribution in [3.63, 3.8) is 0 Å². The maximum absolute atomic E-state index is 11.8. The molecular formula is C24H20O3. The van der Waals surface area contributed by atoms with Crippen LogP contribution < -0.4 is 15.2 Å². The van der Waals surface area contributed by atoms with E-state index >= 15 is 0 Å². The van der Waals surface area contributed by atoms with Crippen LogP contribution in [0.25, 0.3) is 12.2 Å². The van der Waals surface area contributed by atoms with Gasteiger partial charge in [0, 0.05) is 16.4 Å². The third kappa shape index (κ3) is 2.91. The summed E-state index contributed by atoms with van der Waals surface area (Å²) in [4.78, 5) is 11.8. The number of hydrogen-bond donors (Lipinski definition) is 1. The molecule has 0 bridgehead atoms. The second-order valence-corrected chi connectivity index (χ2v) is 7.07. The van der Waals surface area contributed by atoms with Crippen molar-refractivity contribution in [3.8, 4) is 11.5 Å². The van der Waals surface area contributed by atoms with Gasteiger partial charge in [-0.1, -0.05) is 62.9 Å². The second-order valence-electron chi connectivity index (χ2n) is 7.07. The van der Waals surface area contributed by atoms with E-state index in [0.29, 0.717) is 17.2 Å². The molecule has 3 aromatic rings. The highest BCUT2D eigenvalue weighted by Gasteiger charge is 2.23. The van der Waals surface area contributed by atoms with E-state index in [9.17, 15) is 9.90 Å². The summed E-state index contributed by atoms with van der Waals surface area (Å²) in [5, 5.41) is 11.4. The highest BCUT2D eigenvalue weighted by molar-refractivity contribution is 5.98. The van der Waals surface area contributed by atoms with Gasteiger partial charge in [0.15, 0.2) is 0 Å². The summed E-state index contributed by atoms with van der Waals surface area (Å²) in [7, 11) is 0. The quantitative estimate of drug-likeness (QED) is 0.596. The monoisotopic (exact) mass is 356 g/mol. The van der Waals surface area contributed by atoms with Crippen LogP contribution in [-0.2, 0) is 0 Å². The number of carboxylic acid groups (broad SMARTS) is 1. The average Bonchev–Trinajstić information content (AvgIpc) is 2.65. The molecule has 0 unspecified atom stereocenters. The fourth-order valence-corrected chi connectivity index (χ4v) is 3.49. The van der Waals surface area contributed by atoms with Crippen molar-refractivity contribution in [2.75, 3.05) is 0 Å². The molecule has 0 aliphatic carbocycles. The predicted molar refractivity (Wildman–Crippen MR) is 107 cm³/mol. The predicted octanol–water partition coefficient (Wildman–Crippen LogP) is 4.27. The number of fused-ring (bicyclic) bond motifs is 2. The lowest BCUT2D eigenvalue weighted by molar-refractivity contribution is 0.0696. The molecule has 1 aliphatic heterocycles. The molecule has 3 nitrogen and oxygen atoms in total. The first kappa shape index (κ1) is 17.1. The van der Waals surface area contributed by atoms with Crippen LogP contribution in [0.15, 0.2) is 60.7 Å². The Hall–Kier alpha value is -3.33. The number of ether oxygens (including phenoxy) is 1. The Morgan fingerprint density at radius 2 is 1.74 bits per heavy atom. The van der Waals surface area contributed by atoms with Gasteiger partial charge in [-0.3, -0.25) is 0 Å². The van der Waals surface area contributed by atoms with Crippen molar-refractivity contribution >= 4 is 18.1 Å². The van der Waals surface area contributed by atoms with Crippen LogP contribution in [0.1, 0.15) is 46.8 Å². The van der Waals surface area contributed by atoms with Crippen molar-refractivity contribution < 1.29 is 14.6 Å². The van der Waals surface area contributed by atoms with Crippen molar-refractivity contribution in [2.45, 2.75) is 19.8 Å². The molecule has 3 heteroatoms. The highest BCUT2D eigenvalue weighted by atomic mass is 16.5. The second kappa shape index (κ2) is 6.44. The summed E-state index contributed by atoms with van der Waals surface area (Å²) in [6.45, 7) is 8.26. The Balaban J connectivity index is 2.11. The molecule has 0 atom stereocenters. The zero-order valence-electron chi connectivity index (χ0n) is 15.3. The first-order valence-corrected chi connectivity index (χ1v) is 8.94. The molecule has 4 rings (SSSR count). The number of carboxylic acids is 1. The topological polar surface area (TPSA) is 46.5 Å². The molecule has 0 saturated heterocycles. The number of benzene rings is 3. The molecule has 0 amide bonds. The van der Waals surface area contributed by atoms with Crippen LogP contribution in [0.5, 0.6) is 11.5 Å². The molecule has 0 saturated carbocycles. The van der Waals surface area contributed by atoms with Gasteiger partial charge in [0.1, 0.15) is 11.5 Å². The van der Waals surface area contributed by atoms with E-state index < -0.39 is 5.97 Å². The van der Waals surface area contributed by atoms with Gasteiger partial charge in [0.25, 0.3) is 0 Å². The summed E-state index contributed by atoms with van der Waals surface area (Å²) in [6, 6.07) is 19.0. The Bertz CT molecular complexity index is 1170. The minimum atomic E-state index is -0.944. The van der Waals surface area contributed by atoms with E-state index in [1.54, 1.807) is 12.1 Å². The number of rotatable bonds is 3. The Morgan fingerprint density at radius 1 is 0.963 bits per heavy atom. The van der Waals surface area contributed by atoms with Gasteiger partial charge in [-0.25, -0.2) is 4.79 Å². The summed E-state index contributed by atoms with van der Waals surface area (Å²) < 4.78 is 6.19. The van der Waals surface area contributed by atoms with Crippen molar-refractivity contribution in [2.24, 2.45) is 0 Å². The summed E-state index contributed by atoms with van der Waals surface area (Å²) in [5.41, 5.74) is 3.91. The Kier molecular flexibility index (Phi) is 4.08. The number of carbonyl (C=O) groups is 1. The molecule has 1 N–H and O–H groups in total. The standard InChI is InChI=1S/C24H20O3/c1-14(2)16-9-11-20-22(13-16)27-21-12-15(3)8-10-19(21)23(20)17-6-4-5-7-18(17)24(25)26/h4-14H,3H2,1-2H3,(H,25,26). The molecule has 1 heterocycles. The van der Waals surface area contributed by atoms with Crippen molar-refractivity contribution in [1.29, 1.82) is 0 Å². The van der Waals surface area contributed by atoms with Crippen molar-refractivity contribution in [1.82, 2.24) is 0 Å². The van der Waals surface area contributed by atoms with E-state index in [1.165, 1.54) is 5.56 Å². The highest BCUT2D eigenvalue weighted by Crippen LogP contribution is 2.38. The molecule has 0 fully saturated rings. The smallest absolute Gasteiger partial charge is 0.336 e. The van der Waals surface area contributed by atoms with E-state index in [1.807, 2.05) is 42.5 Å². The third-order valence-electron chi connectivity index (χ3n) is 4.90. The van der Waals surface area contributed by atoms with Crippen LogP contribution in [0.2, 0.25) is 0 Å². The van der Waals surface area contributed by atoms with Crippen LogP contribution in [0.4, 0.5) is 0 Å². The van der Waals surface area contributed by atoms with Gasteiger partial charge in [0.05, 0.1) is 5.56 Å². The van der Waals surface area contributed by atoms with Crippen LogP contribution in [0.3, 0.4) is 0 Å². The summed E-state index contributed by atoms with van der Waals surface area (Å²) in [5.74, 6) is 0.870. The van der Waals surface area contributed by atoms with Gasteiger partial charge >= 0.3 is 5.97 Å². The molecule has 3 aromatic carbocycles. The van der Waals surface area contributed by atoms with Gasteiger partial charge in [-0.2, -0.15) is 0 Å². The SMILES string of the molecule is C=c1ccc2c(c1)Oc1cc(C(C)C)ccc1C=2c1ccccc1C(=O)O. The van der Waals surface area contributed by atoms with Crippen LogP contribution in [-0.4, -0.2) is 11.1 Å². The maximum Gasteiger partial charge on any atom is 0.336 e. The van der Waals surface area contributed by atoms with Gasteiger partial charge in [0.2, 0.25) is 0 Å². The number of aromatic carboxylic acids is 1. The van der Waals surface area contributed by atoms with Crippen LogP contribution >= 0.6 is 0 Å². The fourth-order valence-electron chi connectivity index (χ4n) is 3.49. The first-order chi connectivity index (χ1) is 13.0. The maximum atomic E-state index is 11.8. The van der Waals surface area contributed by atoms with E-state index in [2.05, 4.69) is 26.5 Å². The van der Waals surface area contributed by atoms with Gasteiger partial charge < -0.3 is 9.84 Å². The van der Waals surface area contributed by atoms with Crippen molar-refractivity contribution in [3.05, 3.63) is 93.4 Å². The van der Waals surface area contributed by atoms with Gasteiger partial charge in [-0.15, -0.1) is 0 Å². The molecule has 1 aliphatic rings. The fraction of sp³-hybridized carbons (Fsp3) is 0.125. The zero-order chi connectivity index (χ0) is 19.1. The van der Waals surface area contributed by atoms with Crippen LogP contribution in [0, 0.1) is 0 Å². The molecule has 27 heavy (non-hydrogen) atoms. The molecule has 134 valence electrons. The largest absolute Gasteiger partial charge is 0.478 e. The van der Waals surface area contributed by atoms with E-state index in [4.69, 9.17) is 4.74 Å². The number of hydrogen-bond acceptors (Lipinski definition) is 2. The third-order valence-corrected chi connectivity index (χ3v) is 4.90. The average molecular weight is 356 g/mol. The molecule has 0 aromatic heterocycles. The summed E-state index contributed by atoms with van der Waals surface area (Å²) in [6.07, 6.45) is 0. The lowest BCUT2D eigenvalue weighted by Gasteiger charge is -2.23. The lowest BCUT2D eigenvalue weighted by Crippen LogP contribution is -2.20. The zero-order valence-corrected chi connectivity index (χ0v) is 15.3. The lowest BCUT2D eigenvalue weighted by atomic mass is 9.88. The molecule has 0 radical (unpaired) electrons. The minimum absolute atomic E-state index is 0.276. The Labute approximate surface area is 157 Å². The molecular weight excluding hydrogens is 336 g/mol. The minimum Gasteiger partial charge on any atom is -0.478 e. The van der Waals surface area contributed by atoms with E-state index in [-0.39, 0.29) is 5.56 Å². The van der Waals surface area contributed by atoms with Gasteiger partial charge in [-0.05, 0) is 40.5 Å². The molecule has 0 spiro atoms. The van der Waals surface area contributed by atoms with E-state index in [0.717, 1.165) is 27.3 Å². The first-order valence-electron chi connectivity index (χ1n) is 8.94. The Morgan fingerprint density at radius 3 is 2.48 bits per heavy atom. The summed E-state index contributed by atoms with van der Waals surface area (Å²) >= 11 is 0. The normalized spacial score (nSPS) is 12.3.